The fourth-order valence-corrected chi connectivity index (χ4v) is 3.67. The summed E-state index contributed by atoms with van der Waals surface area (Å²) in [4.78, 5) is 7.91. The number of imidazole rings is 1. The van der Waals surface area contributed by atoms with Crippen molar-refractivity contribution in [3.8, 4) is 0 Å². The molecule has 2 aromatic heterocycles. The number of fused-ring (bicyclic) bond motifs is 1. The van der Waals surface area contributed by atoms with Crippen LogP contribution in [0.5, 0.6) is 0 Å². The van der Waals surface area contributed by atoms with Crippen LogP contribution in [0.15, 0.2) is 11.6 Å². The summed E-state index contributed by atoms with van der Waals surface area (Å²) in [6.45, 7) is 1.25. The number of anilines is 1. The lowest BCUT2D eigenvalue weighted by molar-refractivity contribution is 0.274. The Hall–Kier alpha value is -1.11. The third kappa shape index (κ3) is 2.24. The van der Waals surface area contributed by atoms with Crippen LogP contribution < -0.4 is 4.90 Å². The number of rotatable bonds is 5. The molecule has 2 N–H and O–H groups in total. The largest absolute Gasteiger partial charge is 0.396 e. The molecule has 6 heteroatoms. The maximum absolute atomic E-state index is 9.62. The van der Waals surface area contributed by atoms with E-state index in [1.165, 1.54) is 0 Å². The van der Waals surface area contributed by atoms with Crippen molar-refractivity contribution in [3.63, 3.8) is 0 Å². The Morgan fingerprint density at radius 3 is 3.11 bits per heavy atom. The summed E-state index contributed by atoms with van der Waals surface area (Å²) < 4.78 is 1.97. The van der Waals surface area contributed by atoms with E-state index < -0.39 is 0 Å². The van der Waals surface area contributed by atoms with Crippen LogP contribution in [0.3, 0.4) is 0 Å². The SMILES string of the molecule is OCCCC1CCCN1c1nc2sccn2c1CO. The van der Waals surface area contributed by atoms with Gasteiger partial charge in [0.25, 0.3) is 0 Å². The van der Waals surface area contributed by atoms with Crippen molar-refractivity contribution in [2.24, 2.45) is 0 Å². The van der Waals surface area contributed by atoms with Crippen LogP contribution in [-0.4, -0.2) is 38.8 Å². The zero-order chi connectivity index (χ0) is 13.2. The van der Waals surface area contributed by atoms with Crippen molar-refractivity contribution in [2.75, 3.05) is 18.1 Å². The Kier molecular flexibility index (Phi) is 3.72. The number of hydrogen-bond donors (Lipinski definition) is 2. The number of aromatic nitrogens is 2. The molecular weight excluding hydrogens is 262 g/mol. The smallest absolute Gasteiger partial charge is 0.195 e. The standard InChI is InChI=1S/C13H19N3O2S/c17-7-2-4-10-3-1-5-15(10)12-11(9-18)16-6-8-19-13(16)14-12/h6,8,10,17-18H,1-5,7,9H2. The first kappa shape index (κ1) is 12.9. The second kappa shape index (κ2) is 5.48. The molecule has 104 valence electrons. The highest BCUT2D eigenvalue weighted by Crippen LogP contribution is 2.32. The van der Waals surface area contributed by atoms with E-state index in [2.05, 4.69) is 9.88 Å². The van der Waals surface area contributed by atoms with Crippen molar-refractivity contribution in [1.82, 2.24) is 9.38 Å². The molecule has 0 aliphatic carbocycles. The maximum atomic E-state index is 9.62. The molecule has 0 saturated carbocycles. The molecule has 3 heterocycles. The van der Waals surface area contributed by atoms with Crippen molar-refractivity contribution in [3.05, 3.63) is 17.3 Å². The molecule has 1 aliphatic heterocycles. The topological polar surface area (TPSA) is 61.0 Å². The highest BCUT2D eigenvalue weighted by Gasteiger charge is 2.28. The van der Waals surface area contributed by atoms with Gasteiger partial charge in [0, 0.05) is 30.8 Å². The van der Waals surface area contributed by atoms with E-state index in [1.54, 1.807) is 11.3 Å². The van der Waals surface area contributed by atoms with Crippen molar-refractivity contribution >= 4 is 22.1 Å². The Balaban J connectivity index is 1.91. The molecule has 0 spiro atoms. The van der Waals surface area contributed by atoms with E-state index in [9.17, 15) is 5.11 Å². The average molecular weight is 281 g/mol. The van der Waals surface area contributed by atoms with Gasteiger partial charge in [-0.15, -0.1) is 11.3 Å². The molecule has 1 fully saturated rings. The Bertz CT molecular complexity index is 551. The van der Waals surface area contributed by atoms with Gasteiger partial charge in [0.05, 0.1) is 12.3 Å². The van der Waals surface area contributed by atoms with Gasteiger partial charge >= 0.3 is 0 Å². The third-order valence-corrected chi connectivity index (χ3v) is 4.59. The fraction of sp³-hybridized carbons (Fsp3) is 0.615. The molecule has 0 bridgehead atoms. The van der Waals surface area contributed by atoms with Crippen molar-refractivity contribution < 1.29 is 10.2 Å². The molecule has 1 aliphatic rings. The van der Waals surface area contributed by atoms with E-state index in [1.807, 2.05) is 16.0 Å². The summed E-state index contributed by atoms with van der Waals surface area (Å²) in [5.41, 5.74) is 0.882. The molecule has 0 amide bonds. The van der Waals surface area contributed by atoms with E-state index in [-0.39, 0.29) is 13.2 Å². The molecule has 1 saturated heterocycles. The van der Waals surface area contributed by atoms with Gasteiger partial charge in [0.15, 0.2) is 10.8 Å². The van der Waals surface area contributed by atoms with Crippen LogP contribution in [0.2, 0.25) is 0 Å². The third-order valence-electron chi connectivity index (χ3n) is 3.83. The van der Waals surface area contributed by atoms with Gasteiger partial charge in [-0.1, -0.05) is 0 Å². The Labute approximate surface area is 116 Å². The van der Waals surface area contributed by atoms with Crippen LogP contribution >= 0.6 is 11.3 Å². The van der Waals surface area contributed by atoms with Gasteiger partial charge in [-0.2, -0.15) is 0 Å². The summed E-state index contributed by atoms with van der Waals surface area (Å²) in [5, 5.41) is 20.6. The second-order valence-electron chi connectivity index (χ2n) is 4.95. The van der Waals surface area contributed by atoms with Gasteiger partial charge in [0.1, 0.15) is 0 Å². The molecule has 1 atom stereocenters. The molecule has 0 radical (unpaired) electrons. The second-order valence-corrected chi connectivity index (χ2v) is 5.82. The zero-order valence-corrected chi connectivity index (χ0v) is 11.6. The summed E-state index contributed by atoms with van der Waals surface area (Å²) in [6, 6.07) is 0.446. The quantitative estimate of drug-likeness (QED) is 0.874. The van der Waals surface area contributed by atoms with E-state index in [4.69, 9.17) is 5.11 Å². The molecule has 19 heavy (non-hydrogen) atoms. The number of aliphatic hydroxyl groups is 2. The van der Waals surface area contributed by atoms with Gasteiger partial charge in [-0.05, 0) is 25.7 Å². The lowest BCUT2D eigenvalue weighted by Crippen LogP contribution is -2.30. The van der Waals surface area contributed by atoms with Crippen LogP contribution in [-0.2, 0) is 6.61 Å². The summed E-state index contributed by atoms with van der Waals surface area (Å²) in [6.07, 6.45) is 6.09. The molecule has 5 nitrogen and oxygen atoms in total. The normalized spacial score (nSPS) is 19.7. The Morgan fingerprint density at radius 1 is 1.42 bits per heavy atom. The molecule has 2 aromatic rings. The molecule has 3 rings (SSSR count). The highest BCUT2D eigenvalue weighted by atomic mass is 32.1. The highest BCUT2D eigenvalue weighted by molar-refractivity contribution is 7.15. The first-order valence-electron chi connectivity index (χ1n) is 6.78. The number of hydrogen-bond acceptors (Lipinski definition) is 5. The van der Waals surface area contributed by atoms with Gasteiger partial charge in [-0.3, -0.25) is 4.40 Å². The lowest BCUT2D eigenvalue weighted by atomic mass is 10.1. The van der Waals surface area contributed by atoms with Gasteiger partial charge in [-0.25, -0.2) is 4.98 Å². The van der Waals surface area contributed by atoms with Gasteiger partial charge < -0.3 is 15.1 Å². The average Bonchev–Trinajstić information content (AvgIpc) is 3.10. The molecule has 1 unspecified atom stereocenters. The van der Waals surface area contributed by atoms with Gasteiger partial charge in [0.2, 0.25) is 0 Å². The summed E-state index contributed by atoms with van der Waals surface area (Å²) in [5.74, 6) is 0.926. The van der Waals surface area contributed by atoms with Crippen LogP contribution in [0, 0.1) is 0 Å². The predicted octanol–water partition coefficient (Wildman–Crippen LogP) is 1.63. The van der Waals surface area contributed by atoms with Crippen LogP contribution in [0.1, 0.15) is 31.4 Å². The minimum absolute atomic E-state index is 0.0104. The molecular formula is C13H19N3O2S. The van der Waals surface area contributed by atoms with Crippen molar-refractivity contribution in [2.45, 2.75) is 38.3 Å². The first-order chi connectivity index (χ1) is 9.35. The predicted molar refractivity (Wildman–Crippen MR) is 75.7 cm³/mol. The monoisotopic (exact) mass is 281 g/mol. The van der Waals surface area contributed by atoms with E-state index >= 15 is 0 Å². The maximum Gasteiger partial charge on any atom is 0.195 e. The zero-order valence-electron chi connectivity index (χ0n) is 10.8. The number of aliphatic hydroxyl groups excluding tert-OH is 2. The number of thiazole rings is 1. The molecule has 0 aromatic carbocycles. The van der Waals surface area contributed by atoms with E-state index in [0.717, 1.165) is 48.7 Å². The van der Waals surface area contributed by atoms with E-state index in [0.29, 0.717) is 6.04 Å². The Morgan fingerprint density at radius 2 is 2.32 bits per heavy atom. The summed E-state index contributed by atoms with van der Waals surface area (Å²) in [7, 11) is 0. The lowest BCUT2D eigenvalue weighted by Gasteiger charge is -2.25. The van der Waals surface area contributed by atoms with Crippen molar-refractivity contribution in [1.29, 1.82) is 0 Å². The summed E-state index contributed by atoms with van der Waals surface area (Å²) >= 11 is 1.59. The van der Waals surface area contributed by atoms with Crippen LogP contribution in [0.25, 0.3) is 4.96 Å². The fourth-order valence-electron chi connectivity index (χ4n) is 2.94. The first-order valence-corrected chi connectivity index (χ1v) is 7.66. The minimum atomic E-state index is 0.0104. The van der Waals surface area contributed by atoms with Crippen LogP contribution in [0.4, 0.5) is 5.82 Å². The number of nitrogens with zero attached hydrogens (tertiary/aromatic N) is 3. The minimum Gasteiger partial charge on any atom is -0.396 e.